The predicted molar refractivity (Wildman–Crippen MR) is 206 cm³/mol. The van der Waals surface area contributed by atoms with Gasteiger partial charge in [0.15, 0.2) is 17.5 Å². The number of hydrogen-bond donors (Lipinski definition) is 0. The van der Waals surface area contributed by atoms with Crippen LogP contribution in [0.5, 0.6) is 0 Å². The van der Waals surface area contributed by atoms with Crippen molar-refractivity contribution in [2.24, 2.45) is 0 Å². The number of halogens is 2. The van der Waals surface area contributed by atoms with E-state index in [-0.39, 0.29) is 5.56 Å². The average molecular weight is 690 g/mol. The third-order valence-corrected chi connectivity index (χ3v) is 9.70. The molecule has 0 unspecified atom stereocenters. The van der Waals surface area contributed by atoms with Crippen molar-refractivity contribution in [3.05, 3.63) is 174 Å². The van der Waals surface area contributed by atoms with Crippen molar-refractivity contribution in [2.45, 2.75) is 12.8 Å². The van der Waals surface area contributed by atoms with E-state index >= 15 is 8.78 Å². The Kier molecular flexibility index (Phi) is 7.98. The van der Waals surface area contributed by atoms with E-state index in [0.717, 1.165) is 62.9 Å². The summed E-state index contributed by atoms with van der Waals surface area (Å²) in [6, 6.07) is 44.9. The molecule has 53 heavy (non-hydrogen) atoms. The predicted octanol–water partition coefficient (Wildman–Crippen LogP) is 11.3. The molecule has 252 valence electrons. The molecule has 0 spiro atoms. The quantitative estimate of drug-likeness (QED) is 0.174. The molecule has 2 aromatic heterocycles. The Morgan fingerprint density at radius 3 is 1.91 bits per heavy atom. The highest BCUT2D eigenvalue weighted by molar-refractivity contribution is 5.97. The zero-order chi connectivity index (χ0) is 35.9. The Balaban J connectivity index is 1.36. The van der Waals surface area contributed by atoms with Gasteiger partial charge in [0, 0.05) is 33.3 Å². The van der Waals surface area contributed by atoms with Gasteiger partial charge in [0.05, 0.1) is 28.4 Å². The van der Waals surface area contributed by atoms with Gasteiger partial charge in [-0.15, -0.1) is 0 Å². The SMILES string of the molecule is N#Cc1cccc(-c2ccc3c4c(n(-c5ccc(-c6c(F)cccc6F)cc5-c5nc(-c6ccccc6)nc(-c6ccccc6)n5)c3c2)CCC=C4)c1. The first-order valence-corrected chi connectivity index (χ1v) is 17.4. The number of allylic oxidation sites excluding steroid dienone is 1. The Labute approximate surface area is 304 Å². The van der Waals surface area contributed by atoms with E-state index in [9.17, 15) is 5.26 Å². The van der Waals surface area contributed by atoms with E-state index < -0.39 is 11.6 Å². The molecular formula is C46H29F2N5. The summed E-state index contributed by atoms with van der Waals surface area (Å²) in [5.74, 6) is 0.000738. The largest absolute Gasteiger partial charge is 0.312 e. The van der Waals surface area contributed by atoms with Crippen molar-refractivity contribution in [1.29, 1.82) is 5.26 Å². The molecule has 7 heteroatoms. The van der Waals surface area contributed by atoms with E-state index in [2.05, 4.69) is 41.0 Å². The average Bonchev–Trinajstić information content (AvgIpc) is 3.54. The summed E-state index contributed by atoms with van der Waals surface area (Å²) >= 11 is 0. The fraction of sp³-hybridized carbons (Fsp3) is 0.0435. The second kappa shape index (κ2) is 13.3. The van der Waals surface area contributed by atoms with E-state index in [0.29, 0.717) is 34.2 Å². The van der Waals surface area contributed by atoms with Gasteiger partial charge in [0.25, 0.3) is 0 Å². The zero-order valence-corrected chi connectivity index (χ0v) is 28.3. The lowest BCUT2D eigenvalue weighted by Gasteiger charge is -2.19. The second-order valence-electron chi connectivity index (χ2n) is 12.9. The highest BCUT2D eigenvalue weighted by atomic mass is 19.1. The molecule has 2 heterocycles. The number of nitrogens with zero attached hydrogens (tertiary/aromatic N) is 5. The van der Waals surface area contributed by atoms with Crippen LogP contribution in [0.1, 0.15) is 23.2 Å². The van der Waals surface area contributed by atoms with Crippen LogP contribution < -0.4 is 0 Å². The third kappa shape index (κ3) is 5.77. The molecule has 6 aromatic carbocycles. The number of benzene rings is 6. The van der Waals surface area contributed by atoms with Crippen LogP contribution in [0.25, 0.3) is 79.1 Å². The maximum atomic E-state index is 15.4. The van der Waals surface area contributed by atoms with Gasteiger partial charge in [-0.05, 0) is 72.0 Å². The van der Waals surface area contributed by atoms with Gasteiger partial charge in [-0.25, -0.2) is 23.7 Å². The van der Waals surface area contributed by atoms with Crippen LogP contribution in [0.4, 0.5) is 8.78 Å². The van der Waals surface area contributed by atoms with Crippen LogP contribution in [0.3, 0.4) is 0 Å². The van der Waals surface area contributed by atoms with E-state index in [1.54, 1.807) is 18.2 Å². The molecule has 0 atom stereocenters. The number of nitriles is 1. The Morgan fingerprint density at radius 1 is 0.585 bits per heavy atom. The van der Waals surface area contributed by atoms with Crippen molar-refractivity contribution in [3.63, 3.8) is 0 Å². The van der Waals surface area contributed by atoms with Gasteiger partial charge in [-0.1, -0.05) is 109 Å². The summed E-state index contributed by atoms with van der Waals surface area (Å²) in [5.41, 5.74) is 8.85. The zero-order valence-electron chi connectivity index (χ0n) is 28.3. The molecule has 0 saturated heterocycles. The van der Waals surface area contributed by atoms with Crippen molar-refractivity contribution in [2.75, 3.05) is 0 Å². The molecular weight excluding hydrogens is 661 g/mol. The van der Waals surface area contributed by atoms with Gasteiger partial charge >= 0.3 is 0 Å². The van der Waals surface area contributed by atoms with E-state index in [1.165, 1.54) is 18.2 Å². The summed E-state index contributed by atoms with van der Waals surface area (Å²) in [5, 5.41) is 10.7. The number of aromatic nitrogens is 4. The van der Waals surface area contributed by atoms with Crippen LogP contribution in [0.15, 0.2) is 146 Å². The molecule has 0 N–H and O–H groups in total. The smallest absolute Gasteiger partial charge is 0.166 e. The van der Waals surface area contributed by atoms with Gasteiger partial charge in [0.2, 0.25) is 0 Å². The fourth-order valence-corrected chi connectivity index (χ4v) is 7.21. The molecule has 0 bridgehead atoms. The summed E-state index contributed by atoms with van der Waals surface area (Å²) in [7, 11) is 0. The maximum Gasteiger partial charge on any atom is 0.166 e. The van der Waals surface area contributed by atoms with Crippen LogP contribution in [-0.4, -0.2) is 19.5 Å². The first kappa shape index (κ1) is 31.9. The normalized spacial score (nSPS) is 12.1. The fourth-order valence-electron chi connectivity index (χ4n) is 7.21. The van der Waals surface area contributed by atoms with Crippen molar-refractivity contribution >= 4 is 17.0 Å². The third-order valence-electron chi connectivity index (χ3n) is 9.70. The van der Waals surface area contributed by atoms with E-state index in [1.807, 2.05) is 84.9 Å². The van der Waals surface area contributed by atoms with Crippen LogP contribution in [0.2, 0.25) is 0 Å². The molecule has 0 aliphatic heterocycles. The Morgan fingerprint density at radius 2 is 1.21 bits per heavy atom. The van der Waals surface area contributed by atoms with E-state index in [4.69, 9.17) is 15.0 Å². The monoisotopic (exact) mass is 689 g/mol. The molecule has 0 amide bonds. The van der Waals surface area contributed by atoms with Crippen molar-refractivity contribution < 1.29 is 8.78 Å². The minimum absolute atomic E-state index is 0.122. The van der Waals surface area contributed by atoms with Crippen LogP contribution in [-0.2, 0) is 6.42 Å². The standard InChI is InChI=1S/C46H29F2N5/c47-38-18-10-19-39(48)43(38)34-22-24-41(37(26-34)46-51-44(30-12-3-1-4-13-30)50-45(52-46)31-14-5-2-6-15-31)53-40-20-8-7-17-35(40)36-23-21-33(27-42(36)53)32-16-9-11-29(25-32)28-49/h1-7,9-19,21-27H,8,20H2. The molecule has 8 aromatic rings. The summed E-state index contributed by atoms with van der Waals surface area (Å²) in [6.45, 7) is 0. The second-order valence-corrected chi connectivity index (χ2v) is 12.9. The lowest BCUT2D eigenvalue weighted by Crippen LogP contribution is -2.07. The molecule has 0 saturated carbocycles. The minimum Gasteiger partial charge on any atom is -0.312 e. The number of hydrogen-bond acceptors (Lipinski definition) is 4. The first-order chi connectivity index (χ1) is 26.1. The molecule has 5 nitrogen and oxygen atoms in total. The highest BCUT2D eigenvalue weighted by Crippen LogP contribution is 2.41. The lowest BCUT2D eigenvalue weighted by molar-refractivity contribution is 0.589. The molecule has 1 aliphatic carbocycles. The molecule has 1 aliphatic rings. The van der Waals surface area contributed by atoms with Crippen molar-refractivity contribution in [3.8, 4) is 68.2 Å². The molecule has 9 rings (SSSR count). The summed E-state index contributed by atoms with van der Waals surface area (Å²) in [6.07, 6.45) is 5.99. The number of fused-ring (bicyclic) bond motifs is 3. The molecule has 0 fully saturated rings. The van der Waals surface area contributed by atoms with Gasteiger partial charge in [-0.3, -0.25) is 0 Å². The summed E-state index contributed by atoms with van der Waals surface area (Å²) in [4.78, 5) is 15.0. The van der Waals surface area contributed by atoms with Crippen molar-refractivity contribution in [1.82, 2.24) is 19.5 Å². The Bertz CT molecular complexity index is 2690. The maximum absolute atomic E-state index is 15.4. The van der Waals surface area contributed by atoms with Gasteiger partial charge in [-0.2, -0.15) is 5.26 Å². The topological polar surface area (TPSA) is 67.4 Å². The summed E-state index contributed by atoms with van der Waals surface area (Å²) < 4.78 is 33.0. The highest BCUT2D eigenvalue weighted by Gasteiger charge is 2.24. The minimum atomic E-state index is -0.660. The van der Waals surface area contributed by atoms with Crippen LogP contribution >= 0.6 is 0 Å². The first-order valence-electron chi connectivity index (χ1n) is 17.4. The van der Waals surface area contributed by atoms with Crippen LogP contribution in [0, 0.1) is 23.0 Å². The van der Waals surface area contributed by atoms with Gasteiger partial charge < -0.3 is 4.57 Å². The number of rotatable bonds is 6. The lowest BCUT2D eigenvalue weighted by atomic mass is 9.99. The molecule has 0 radical (unpaired) electrons. The van der Waals surface area contributed by atoms with Gasteiger partial charge in [0.1, 0.15) is 11.6 Å². The Hall–Kier alpha value is -7.04.